The quantitative estimate of drug-likeness (QED) is 0.171. The third-order valence-electron chi connectivity index (χ3n) is 10.8. The lowest BCUT2D eigenvalue weighted by Gasteiger charge is -2.23. The minimum absolute atomic E-state index is 0.284. The van der Waals surface area contributed by atoms with Gasteiger partial charge in [0.15, 0.2) is 0 Å². The predicted octanol–water partition coefficient (Wildman–Crippen LogP) is 11.5. The van der Waals surface area contributed by atoms with E-state index in [2.05, 4.69) is 15.6 Å². The van der Waals surface area contributed by atoms with Crippen molar-refractivity contribution in [1.82, 2.24) is 29.7 Å². The van der Waals surface area contributed by atoms with Crippen LogP contribution in [0.5, 0.6) is 0 Å². The number of allylic oxidation sites excluding steroid dienone is 2. The fourth-order valence-electron chi connectivity index (χ4n) is 8.10. The van der Waals surface area contributed by atoms with E-state index in [4.69, 9.17) is 4.98 Å². The molecule has 1 atom stereocenters. The molecule has 2 aliphatic heterocycles. The van der Waals surface area contributed by atoms with Gasteiger partial charge in [-0.15, -0.1) is 0 Å². The number of hydrogen-bond donors (Lipinski definition) is 2. The lowest BCUT2D eigenvalue weighted by Crippen LogP contribution is -2.21. The molecule has 2 N–H and O–H groups in total. The average molecular weight is 781 g/mol. The smallest absolute Gasteiger partial charge is 0.385 e. The van der Waals surface area contributed by atoms with Crippen LogP contribution >= 0.6 is 0 Å². The van der Waals surface area contributed by atoms with E-state index in [0.29, 0.717) is 44.9 Å². The van der Waals surface area contributed by atoms with Crippen molar-refractivity contribution in [2.24, 2.45) is 0 Å². The number of hydrogen-bond acceptors (Lipinski definition) is 4. The van der Waals surface area contributed by atoms with Crippen molar-refractivity contribution in [1.29, 1.82) is 0 Å². The van der Waals surface area contributed by atoms with E-state index in [1.807, 2.05) is 100 Å². The molecule has 8 aromatic rings. The first-order chi connectivity index (χ1) is 28.0. The Labute approximate surface area is 327 Å². The first-order valence-electron chi connectivity index (χ1n) is 18.4. The van der Waals surface area contributed by atoms with Gasteiger partial charge in [-0.25, -0.2) is 0 Å². The number of fused-ring (bicyclic) bond motifs is 6. The van der Waals surface area contributed by atoms with Crippen molar-refractivity contribution >= 4 is 44.5 Å². The fraction of sp³-hybridized carbons (Fsp3) is 0.0870. The van der Waals surface area contributed by atoms with Crippen molar-refractivity contribution in [2.75, 3.05) is 0 Å². The van der Waals surface area contributed by atoms with Crippen LogP contribution in [-0.2, 0) is 18.9 Å². The van der Waals surface area contributed by atoms with Crippen LogP contribution in [0.25, 0.3) is 67.1 Å². The zero-order chi connectivity index (χ0) is 39.8. The van der Waals surface area contributed by atoms with E-state index >= 15 is 0 Å². The molecule has 0 saturated heterocycles. The van der Waals surface area contributed by atoms with Gasteiger partial charge in [0.2, 0.25) is 0 Å². The Kier molecular flexibility index (Phi) is 8.08. The summed E-state index contributed by atoms with van der Waals surface area (Å²) in [6, 6.07) is 30.5. The number of dihydropyridines is 1. The van der Waals surface area contributed by atoms with E-state index in [-0.39, 0.29) is 6.04 Å². The lowest BCUT2D eigenvalue weighted by atomic mass is 10.0. The number of halogens is 6. The first-order valence-corrected chi connectivity index (χ1v) is 18.4. The number of nitrogens with one attached hydrogen (secondary N) is 2. The maximum absolute atomic E-state index is 13.7. The molecule has 4 aromatic carbocycles. The molecule has 0 amide bonds. The number of aromatic nitrogens is 4. The topological polar surface area (TPSA) is 59.7 Å². The number of alkyl halides is 6. The third-order valence-corrected chi connectivity index (χ3v) is 10.8. The van der Waals surface area contributed by atoms with Gasteiger partial charge < -0.3 is 19.8 Å². The Hall–Kier alpha value is -7.08. The zero-order valence-corrected chi connectivity index (χ0v) is 30.3. The molecule has 2 aliphatic rings. The Morgan fingerprint density at radius 1 is 0.655 bits per heavy atom. The van der Waals surface area contributed by atoms with Gasteiger partial charge in [-0.1, -0.05) is 42.5 Å². The molecular weight excluding hydrogens is 751 g/mol. The normalized spacial score (nSPS) is 15.4. The molecule has 0 bridgehead atoms. The monoisotopic (exact) mass is 780 g/mol. The van der Waals surface area contributed by atoms with E-state index < -0.39 is 23.5 Å². The SMILES string of the molecule is FC(F)(F)c1ccc2c(c1)c1c(n2-c2cccc(C3=CC=CC(c4cccc(-c5cccc(-n6c7ccc(C(F)(F)F)cc7c7ccncc76)c5)n4)N3)c2)CNC=C1. The number of pyridine rings is 2. The molecule has 0 aliphatic carbocycles. The average Bonchev–Trinajstić information content (AvgIpc) is 3.76. The standard InChI is InChI=1S/C46H30F6N6/c47-45(48,49)29-13-15-41-35(23-29)33-17-19-53-25-43(33)57(41)31-7-1-5-27(21-31)37-9-3-11-39(55-37)40-12-4-10-38(56-40)28-6-2-8-32(22-28)58-42-16-14-30(46(50,51)52)24-36(42)34-18-20-54-26-44(34)58/h1-25,40,54,56H,26H2. The minimum atomic E-state index is -4.47. The molecular formula is C46H30F6N6. The van der Waals surface area contributed by atoms with Crippen LogP contribution in [-0.4, -0.2) is 19.1 Å². The number of nitrogens with zero attached hydrogens (tertiary/aromatic N) is 4. The summed E-state index contributed by atoms with van der Waals surface area (Å²) < 4.78 is 86.1. The molecule has 0 fully saturated rings. The maximum Gasteiger partial charge on any atom is 0.416 e. The van der Waals surface area contributed by atoms with E-state index in [1.165, 1.54) is 24.3 Å². The van der Waals surface area contributed by atoms with Gasteiger partial charge >= 0.3 is 12.4 Å². The van der Waals surface area contributed by atoms with Crippen LogP contribution in [0.4, 0.5) is 26.3 Å². The van der Waals surface area contributed by atoms with Gasteiger partial charge in [-0.3, -0.25) is 9.97 Å². The summed E-state index contributed by atoms with van der Waals surface area (Å²) in [7, 11) is 0. The van der Waals surface area contributed by atoms with Gasteiger partial charge in [0.1, 0.15) is 0 Å². The molecule has 0 spiro atoms. The van der Waals surface area contributed by atoms with Crippen molar-refractivity contribution in [3.05, 3.63) is 180 Å². The molecule has 0 radical (unpaired) electrons. The Morgan fingerprint density at radius 3 is 2.12 bits per heavy atom. The molecule has 12 heteroatoms. The van der Waals surface area contributed by atoms with Crippen LogP contribution in [0.3, 0.4) is 0 Å². The van der Waals surface area contributed by atoms with Crippen molar-refractivity contribution in [3.8, 4) is 22.6 Å². The summed E-state index contributed by atoms with van der Waals surface area (Å²) in [6.07, 6.45) is 3.85. The lowest BCUT2D eigenvalue weighted by molar-refractivity contribution is -0.138. The molecule has 6 nitrogen and oxygen atoms in total. The molecule has 58 heavy (non-hydrogen) atoms. The van der Waals surface area contributed by atoms with Crippen LogP contribution in [0.15, 0.2) is 146 Å². The third kappa shape index (κ3) is 5.99. The number of benzene rings is 4. The minimum Gasteiger partial charge on any atom is -0.385 e. The van der Waals surface area contributed by atoms with E-state index in [9.17, 15) is 26.3 Å². The second-order valence-electron chi connectivity index (χ2n) is 14.2. The van der Waals surface area contributed by atoms with Crippen LogP contribution in [0.2, 0.25) is 0 Å². The fourth-order valence-corrected chi connectivity index (χ4v) is 8.10. The maximum atomic E-state index is 13.7. The summed E-state index contributed by atoms with van der Waals surface area (Å²) in [6.45, 7) is 0.460. The molecule has 286 valence electrons. The highest BCUT2D eigenvalue weighted by molar-refractivity contribution is 6.09. The number of rotatable bonds is 5. The van der Waals surface area contributed by atoms with Gasteiger partial charge in [0, 0.05) is 50.6 Å². The second-order valence-corrected chi connectivity index (χ2v) is 14.2. The second kappa shape index (κ2) is 13.3. The Balaban J connectivity index is 0.962. The van der Waals surface area contributed by atoms with E-state index in [0.717, 1.165) is 57.3 Å². The molecule has 0 saturated carbocycles. The van der Waals surface area contributed by atoms with Crippen LogP contribution in [0.1, 0.15) is 39.7 Å². The van der Waals surface area contributed by atoms with Crippen LogP contribution < -0.4 is 10.6 Å². The summed E-state index contributed by atoms with van der Waals surface area (Å²) in [5, 5.41) is 8.50. The largest absolute Gasteiger partial charge is 0.416 e. The van der Waals surface area contributed by atoms with Gasteiger partial charge in [0.05, 0.1) is 63.5 Å². The predicted molar refractivity (Wildman–Crippen MR) is 214 cm³/mol. The molecule has 6 heterocycles. The Morgan fingerprint density at radius 2 is 1.34 bits per heavy atom. The van der Waals surface area contributed by atoms with E-state index in [1.54, 1.807) is 24.7 Å². The highest BCUT2D eigenvalue weighted by Gasteiger charge is 2.33. The molecule has 1 unspecified atom stereocenters. The van der Waals surface area contributed by atoms with Gasteiger partial charge in [-0.05, 0) is 103 Å². The summed E-state index contributed by atoms with van der Waals surface area (Å²) >= 11 is 0. The highest BCUT2D eigenvalue weighted by atomic mass is 19.4. The first kappa shape index (κ1) is 35.3. The van der Waals surface area contributed by atoms with Crippen molar-refractivity contribution < 1.29 is 26.3 Å². The highest BCUT2D eigenvalue weighted by Crippen LogP contribution is 2.39. The van der Waals surface area contributed by atoms with Crippen LogP contribution in [0, 0.1) is 0 Å². The Bertz CT molecular complexity index is 3040. The van der Waals surface area contributed by atoms with Gasteiger partial charge in [-0.2, -0.15) is 26.3 Å². The summed E-state index contributed by atoms with van der Waals surface area (Å²) in [5.74, 6) is 0. The molecule has 10 rings (SSSR count). The van der Waals surface area contributed by atoms with Gasteiger partial charge in [0.25, 0.3) is 0 Å². The summed E-state index contributed by atoms with van der Waals surface area (Å²) in [4.78, 5) is 9.34. The summed E-state index contributed by atoms with van der Waals surface area (Å²) in [5.41, 5.74) is 7.83. The van der Waals surface area contributed by atoms with Crippen molar-refractivity contribution in [2.45, 2.75) is 24.9 Å². The zero-order valence-electron chi connectivity index (χ0n) is 30.3. The molecule has 4 aromatic heterocycles. The van der Waals surface area contributed by atoms with Crippen molar-refractivity contribution in [3.63, 3.8) is 0 Å².